The fourth-order valence-corrected chi connectivity index (χ4v) is 2.78. The number of carbonyl (C=O) groups is 1. The van der Waals surface area contributed by atoms with Crippen LogP contribution < -0.4 is 5.32 Å². The fraction of sp³-hybridized carbons (Fsp3) is 0.600. The van der Waals surface area contributed by atoms with Gasteiger partial charge in [0.15, 0.2) is 0 Å². The van der Waals surface area contributed by atoms with Gasteiger partial charge in [0.2, 0.25) is 0 Å². The Morgan fingerprint density at radius 1 is 1.50 bits per heavy atom. The van der Waals surface area contributed by atoms with Gasteiger partial charge in [0.25, 0.3) is 11.6 Å². The lowest BCUT2D eigenvalue weighted by Crippen LogP contribution is -2.39. The number of amides is 1. The van der Waals surface area contributed by atoms with E-state index in [0.717, 1.165) is 25.8 Å². The molecule has 0 bridgehead atoms. The molecule has 1 aromatic heterocycles. The Hall–Kier alpha value is -2.02. The minimum Gasteiger partial charge on any atom is -0.339 e. The van der Waals surface area contributed by atoms with Crippen LogP contribution in [0.4, 0.5) is 5.69 Å². The topological polar surface area (TPSA) is 88.4 Å². The number of nitrogens with one attached hydrogen (secondary N) is 1. The second-order valence-corrected chi connectivity index (χ2v) is 5.71. The number of piperidine rings is 1. The van der Waals surface area contributed by atoms with Gasteiger partial charge in [-0.05, 0) is 45.7 Å². The summed E-state index contributed by atoms with van der Waals surface area (Å²) in [5.74, 6) is 0.488. The van der Waals surface area contributed by atoms with Crippen LogP contribution in [0.5, 0.6) is 0 Å². The smallest absolute Gasteiger partial charge is 0.288 e. The highest BCUT2D eigenvalue weighted by molar-refractivity contribution is 5.95. The van der Waals surface area contributed by atoms with E-state index in [4.69, 9.17) is 0 Å². The summed E-state index contributed by atoms with van der Waals surface area (Å²) >= 11 is 0. The zero-order valence-corrected chi connectivity index (χ0v) is 13.0. The zero-order valence-electron chi connectivity index (χ0n) is 13.0. The van der Waals surface area contributed by atoms with Crippen LogP contribution in [0.2, 0.25) is 0 Å². The van der Waals surface area contributed by atoms with E-state index in [0.29, 0.717) is 30.3 Å². The summed E-state index contributed by atoms with van der Waals surface area (Å²) in [6.07, 6.45) is 4.27. The van der Waals surface area contributed by atoms with Crippen LogP contribution >= 0.6 is 0 Å². The van der Waals surface area contributed by atoms with Crippen LogP contribution in [0, 0.1) is 23.0 Å². The van der Waals surface area contributed by atoms with Gasteiger partial charge in [0.05, 0.1) is 16.2 Å². The summed E-state index contributed by atoms with van der Waals surface area (Å²) in [6.45, 7) is 4.11. The molecule has 7 heteroatoms. The lowest BCUT2D eigenvalue weighted by atomic mass is 9.93. The first-order valence-corrected chi connectivity index (χ1v) is 7.58. The molecule has 0 unspecified atom stereocenters. The van der Waals surface area contributed by atoms with E-state index in [9.17, 15) is 14.9 Å². The number of pyridine rings is 1. The maximum atomic E-state index is 12.6. The molecule has 120 valence electrons. The van der Waals surface area contributed by atoms with Gasteiger partial charge < -0.3 is 10.2 Å². The molecule has 7 nitrogen and oxygen atoms in total. The first-order valence-electron chi connectivity index (χ1n) is 7.58. The van der Waals surface area contributed by atoms with Gasteiger partial charge >= 0.3 is 0 Å². The van der Waals surface area contributed by atoms with Crippen LogP contribution in [0.1, 0.15) is 35.3 Å². The predicted octanol–water partition coefficient (Wildman–Crippen LogP) is 1.76. The van der Waals surface area contributed by atoms with E-state index in [-0.39, 0.29) is 11.6 Å². The monoisotopic (exact) mass is 306 g/mol. The van der Waals surface area contributed by atoms with Crippen molar-refractivity contribution in [2.75, 3.05) is 26.7 Å². The molecule has 22 heavy (non-hydrogen) atoms. The van der Waals surface area contributed by atoms with Crippen molar-refractivity contribution in [2.45, 2.75) is 26.2 Å². The van der Waals surface area contributed by atoms with Gasteiger partial charge in [-0.25, -0.2) is 0 Å². The van der Waals surface area contributed by atoms with Crippen molar-refractivity contribution in [1.29, 1.82) is 0 Å². The second-order valence-electron chi connectivity index (χ2n) is 5.71. The predicted molar refractivity (Wildman–Crippen MR) is 82.8 cm³/mol. The summed E-state index contributed by atoms with van der Waals surface area (Å²) < 4.78 is 0. The lowest BCUT2D eigenvalue weighted by Gasteiger charge is -2.32. The summed E-state index contributed by atoms with van der Waals surface area (Å²) in [5.41, 5.74) is 0.730. The molecule has 1 aliphatic heterocycles. The largest absolute Gasteiger partial charge is 0.339 e. The summed E-state index contributed by atoms with van der Waals surface area (Å²) in [7, 11) is 1.94. The molecule has 0 saturated carbocycles. The quantitative estimate of drug-likeness (QED) is 0.661. The molecule has 1 N–H and O–H groups in total. The second kappa shape index (κ2) is 7.31. The Morgan fingerprint density at radius 3 is 2.77 bits per heavy atom. The molecule has 2 heterocycles. The van der Waals surface area contributed by atoms with Crippen LogP contribution in [0.3, 0.4) is 0 Å². The number of nitro groups is 1. The van der Waals surface area contributed by atoms with Crippen molar-refractivity contribution in [3.63, 3.8) is 0 Å². The zero-order chi connectivity index (χ0) is 16.1. The highest BCUT2D eigenvalue weighted by atomic mass is 16.6. The molecule has 0 atom stereocenters. The van der Waals surface area contributed by atoms with Gasteiger partial charge in [-0.3, -0.25) is 19.9 Å². The average Bonchev–Trinajstić information content (AvgIpc) is 2.53. The Labute approximate surface area is 129 Å². The van der Waals surface area contributed by atoms with Crippen LogP contribution in [-0.4, -0.2) is 47.4 Å². The van der Waals surface area contributed by atoms with Crippen molar-refractivity contribution >= 4 is 11.6 Å². The Balaban J connectivity index is 2.04. The van der Waals surface area contributed by atoms with Crippen molar-refractivity contribution in [1.82, 2.24) is 15.2 Å². The number of hydrogen-bond donors (Lipinski definition) is 1. The van der Waals surface area contributed by atoms with E-state index < -0.39 is 4.92 Å². The van der Waals surface area contributed by atoms with Crippen molar-refractivity contribution in [2.24, 2.45) is 5.92 Å². The van der Waals surface area contributed by atoms with Gasteiger partial charge in [-0.1, -0.05) is 0 Å². The molecular weight excluding hydrogens is 284 g/mol. The number of aromatic nitrogens is 1. The first kappa shape index (κ1) is 16.4. The molecule has 0 aromatic carbocycles. The highest BCUT2D eigenvalue weighted by Crippen LogP contribution is 2.23. The SMILES string of the molecule is CNCCC1CCN(C(=O)c2cc([N+](=O)[O-])cnc2C)CC1. The van der Waals surface area contributed by atoms with Gasteiger partial charge in [-0.15, -0.1) is 0 Å². The third-order valence-electron chi connectivity index (χ3n) is 4.22. The lowest BCUT2D eigenvalue weighted by molar-refractivity contribution is -0.385. The molecule has 1 amide bonds. The fourth-order valence-electron chi connectivity index (χ4n) is 2.78. The standard InChI is InChI=1S/C15H22N4O3/c1-11-14(9-13(10-17-11)19(21)22)15(20)18-7-4-12(5-8-18)3-6-16-2/h9-10,12,16H,3-8H2,1-2H3. The van der Waals surface area contributed by atoms with Gasteiger partial charge in [0.1, 0.15) is 6.20 Å². The van der Waals surface area contributed by atoms with Gasteiger partial charge in [0, 0.05) is 19.2 Å². The van der Waals surface area contributed by atoms with E-state index in [1.807, 2.05) is 7.05 Å². The number of aryl methyl sites for hydroxylation is 1. The van der Waals surface area contributed by atoms with E-state index in [1.54, 1.807) is 11.8 Å². The summed E-state index contributed by atoms with van der Waals surface area (Å²) in [6, 6.07) is 1.33. The van der Waals surface area contributed by atoms with Crippen molar-refractivity contribution in [3.05, 3.63) is 33.6 Å². The third-order valence-corrected chi connectivity index (χ3v) is 4.22. The Morgan fingerprint density at radius 2 is 2.18 bits per heavy atom. The molecule has 1 aliphatic rings. The molecule has 0 spiro atoms. The summed E-state index contributed by atoms with van der Waals surface area (Å²) in [4.78, 5) is 28.6. The maximum absolute atomic E-state index is 12.6. The molecule has 1 saturated heterocycles. The minimum absolute atomic E-state index is 0.141. The molecule has 0 radical (unpaired) electrons. The van der Waals surface area contributed by atoms with Crippen molar-refractivity contribution < 1.29 is 9.72 Å². The first-order chi connectivity index (χ1) is 10.5. The number of hydrogen-bond acceptors (Lipinski definition) is 5. The maximum Gasteiger partial charge on any atom is 0.288 e. The molecule has 0 aliphatic carbocycles. The number of rotatable bonds is 5. The van der Waals surface area contributed by atoms with Crippen molar-refractivity contribution in [3.8, 4) is 0 Å². The van der Waals surface area contributed by atoms with Gasteiger partial charge in [-0.2, -0.15) is 0 Å². The van der Waals surface area contributed by atoms with Crippen LogP contribution in [0.25, 0.3) is 0 Å². The highest BCUT2D eigenvalue weighted by Gasteiger charge is 2.25. The van der Waals surface area contributed by atoms with E-state index in [1.165, 1.54) is 12.3 Å². The van der Waals surface area contributed by atoms with E-state index in [2.05, 4.69) is 10.3 Å². The molecule has 1 aromatic rings. The number of likely N-dealkylation sites (tertiary alicyclic amines) is 1. The number of nitrogens with zero attached hydrogens (tertiary/aromatic N) is 3. The van der Waals surface area contributed by atoms with Crippen LogP contribution in [-0.2, 0) is 0 Å². The molecule has 2 rings (SSSR count). The minimum atomic E-state index is -0.521. The summed E-state index contributed by atoms with van der Waals surface area (Å²) in [5, 5.41) is 14.0. The molecule has 1 fully saturated rings. The van der Waals surface area contributed by atoms with Crippen LogP contribution in [0.15, 0.2) is 12.3 Å². The average molecular weight is 306 g/mol. The molecular formula is C15H22N4O3. The Bertz CT molecular complexity index is 554. The normalized spacial score (nSPS) is 15.8. The van der Waals surface area contributed by atoms with E-state index >= 15 is 0 Å². The number of carbonyl (C=O) groups excluding carboxylic acids is 1. The third kappa shape index (κ3) is 3.79. The Kier molecular flexibility index (Phi) is 5.43.